The van der Waals surface area contributed by atoms with Crippen molar-refractivity contribution in [2.75, 3.05) is 33.5 Å². The Morgan fingerprint density at radius 1 is 1.56 bits per heavy atom. The molecule has 0 radical (unpaired) electrons. The van der Waals surface area contributed by atoms with Gasteiger partial charge in [-0.05, 0) is 19.3 Å². The maximum Gasteiger partial charge on any atom is 0.223 e. The van der Waals surface area contributed by atoms with Crippen molar-refractivity contribution in [2.24, 2.45) is 5.92 Å². The summed E-state index contributed by atoms with van der Waals surface area (Å²) in [6.45, 7) is 2.16. The topological polar surface area (TPSA) is 67.8 Å². The van der Waals surface area contributed by atoms with Crippen molar-refractivity contribution in [3.05, 3.63) is 0 Å². The first kappa shape index (κ1) is 13.4. The standard InChI is InChI=1S/C11H21NO4/c1-15-8-10(13)2-5-12-11(14)9-3-6-16-7-4-9/h9-10,13H,2-8H2,1H3,(H,12,14). The molecule has 0 aliphatic carbocycles. The number of amides is 1. The molecule has 0 spiro atoms. The van der Waals surface area contributed by atoms with Crippen molar-refractivity contribution in [1.29, 1.82) is 0 Å². The quantitative estimate of drug-likeness (QED) is 0.671. The van der Waals surface area contributed by atoms with Crippen LogP contribution in [-0.4, -0.2) is 50.6 Å². The highest BCUT2D eigenvalue weighted by Gasteiger charge is 2.21. The molecule has 1 aliphatic heterocycles. The van der Waals surface area contributed by atoms with Gasteiger partial charge in [-0.1, -0.05) is 0 Å². The van der Waals surface area contributed by atoms with Gasteiger partial charge in [0.15, 0.2) is 0 Å². The van der Waals surface area contributed by atoms with E-state index < -0.39 is 6.10 Å². The average molecular weight is 231 g/mol. The van der Waals surface area contributed by atoms with Gasteiger partial charge in [0.2, 0.25) is 5.91 Å². The monoisotopic (exact) mass is 231 g/mol. The van der Waals surface area contributed by atoms with Gasteiger partial charge in [-0.15, -0.1) is 0 Å². The van der Waals surface area contributed by atoms with Gasteiger partial charge in [0.05, 0.1) is 12.7 Å². The van der Waals surface area contributed by atoms with Crippen LogP contribution in [0.4, 0.5) is 0 Å². The fourth-order valence-corrected chi connectivity index (χ4v) is 1.74. The molecular weight excluding hydrogens is 210 g/mol. The van der Waals surface area contributed by atoms with Gasteiger partial charge in [-0.3, -0.25) is 4.79 Å². The molecule has 5 nitrogen and oxygen atoms in total. The minimum atomic E-state index is -0.500. The third kappa shape index (κ3) is 4.92. The third-order valence-corrected chi connectivity index (χ3v) is 2.73. The van der Waals surface area contributed by atoms with E-state index >= 15 is 0 Å². The maximum atomic E-state index is 11.7. The van der Waals surface area contributed by atoms with E-state index in [0.29, 0.717) is 32.8 Å². The third-order valence-electron chi connectivity index (χ3n) is 2.73. The molecule has 1 fully saturated rings. The largest absolute Gasteiger partial charge is 0.391 e. The van der Waals surface area contributed by atoms with Crippen LogP contribution in [0.2, 0.25) is 0 Å². The molecule has 5 heteroatoms. The van der Waals surface area contributed by atoms with Crippen molar-refractivity contribution < 1.29 is 19.4 Å². The van der Waals surface area contributed by atoms with Crippen LogP contribution in [0.5, 0.6) is 0 Å². The summed E-state index contributed by atoms with van der Waals surface area (Å²) in [4.78, 5) is 11.7. The Hall–Kier alpha value is -0.650. The van der Waals surface area contributed by atoms with Crippen LogP contribution < -0.4 is 5.32 Å². The molecule has 1 aliphatic rings. The van der Waals surface area contributed by atoms with Gasteiger partial charge in [0, 0.05) is 32.8 Å². The van der Waals surface area contributed by atoms with Crippen LogP contribution in [0.15, 0.2) is 0 Å². The second-order valence-corrected chi connectivity index (χ2v) is 4.08. The zero-order chi connectivity index (χ0) is 11.8. The highest BCUT2D eigenvalue weighted by atomic mass is 16.5. The van der Waals surface area contributed by atoms with Crippen molar-refractivity contribution in [3.63, 3.8) is 0 Å². The van der Waals surface area contributed by atoms with Crippen LogP contribution in [0.25, 0.3) is 0 Å². The molecule has 1 saturated heterocycles. The number of carbonyl (C=O) groups is 1. The normalized spacial score (nSPS) is 19.4. The molecule has 16 heavy (non-hydrogen) atoms. The van der Waals surface area contributed by atoms with Crippen molar-refractivity contribution in [2.45, 2.75) is 25.4 Å². The van der Waals surface area contributed by atoms with Gasteiger partial charge in [0.25, 0.3) is 0 Å². The Morgan fingerprint density at radius 3 is 2.88 bits per heavy atom. The van der Waals surface area contributed by atoms with Crippen LogP contribution in [0.3, 0.4) is 0 Å². The molecule has 1 rings (SSSR count). The van der Waals surface area contributed by atoms with Crippen molar-refractivity contribution in [1.82, 2.24) is 5.32 Å². The van der Waals surface area contributed by atoms with E-state index in [-0.39, 0.29) is 11.8 Å². The van der Waals surface area contributed by atoms with Gasteiger partial charge in [-0.2, -0.15) is 0 Å². The lowest BCUT2D eigenvalue weighted by Gasteiger charge is -2.21. The lowest BCUT2D eigenvalue weighted by Crippen LogP contribution is -2.36. The molecule has 0 aromatic rings. The molecule has 0 bridgehead atoms. The van der Waals surface area contributed by atoms with E-state index in [1.807, 2.05) is 0 Å². The number of hydrogen-bond acceptors (Lipinski definition) is 4. The number of nitrogens with one attached hydrogen (secondary N) is 1. The zero-order valence-corrected chi connectivity index (χ0v) is 9.78. The summed E-state index contributed by atoms with van der Waals surface area (Å²) in [6, 6.07) is 0. The van der Waals surface area contributed by atoms with E-state index in [9.17, 15) is 9.90 Å². The average Bonchev–Trinajstić information content (AvgIpc) is 2.30. The Labute approximate surface area is 96.1 Å². The molecule has 1 atom stereocenters. The molecule has 0 aromatic heterocycles. The van der Waals surface area contributed by atoms with E-state index in [1.165, 1.54) is 0 Å². The van der Waals surface area contributed by atoms with Gasteiger partial charge >= 0.3 is 0 Å². The number of aliphatic hydroxyl groups is 1. The number of carbonyl (C=O) groups excluding carboxylic acids is 1. The Morgan fingerprint density at radius 2 is 2.25 bits per heavy atom. The number of hydrogen-bond donors (Lipinski definition) is 2. The number of rotatable bonds is 6. The molecule has 1 amide bonds. The Balaban J connectivity index is 2.09. The van der Waals surface area contributed by atoms with Crippen molar-refractivity contribution >= 4 is 5.91 Å². The first-order valence-electron chi connectivity index (χ1n) is 5.76. The summed E-state index contributed by atoms with van der Waals surface area (Å²) in [6.07, 6.45) is 1.63. The van der Waals surface area contributed by atoms with E-state index in [1.54, 1.807) is 7.11 Å². The van der Waals surface area contributed by atoms with Crippen LogP contribution in [-0.2, 0) is 14.3 Å². The fourth-order valence-electron chi connectivity index (χ4n) is 1.74. The van der Waals surface area contributed by atoms with Crippen LogP contribution >= 0.6 is 0 Å². The predicted octanol–water partition coefficient (Wildman–Crippen LogP) is -0.0734. The first-order chi connectivity index (χ1) is 7.74. The van der Waals surface area contributed by atoms with Gasteiger partial charge in [-0.25, -0.2) is 0 Å². The molecule has 1 unspecified atom stereocenters. The van der Waals surface area contributed by atoms with E-state index in [4.69, 9.17) is 9.47 Å². The Kier molecular flexibility index (Phi) is 6.37. The fraction of sp³-hybridized carbons (Fsp3) is 0.909. The summed E-state index contributed by atoms with van der Waals surface area (Å²) >= 11 is 0. The smallest absolute Gasteiger partial charge is 0.223 e. The maximum absolute atomic E-state index is 11.7. The lowest BCUT2D eigenvalue weighted by atomic mass is 9.99. The van der Waals surface area contributed by atoms with Gasteiger partial charge in [0.1, 0.15) is 0 Å². The second kappa shape index (κ2) is 7.60. The van der Waals surface area contributed by atoms with Crippen molar-refractivity contribution in [3.8, 4) is 0 Å². The molecule has 0 aromatic carbocycles. The molecule has 1 heterocycles. The highest BCUT2D eigenvalue weighted by molar-refractivity contribution is 5.78. The zero-order valence-electron chi connectivity index (χ0n) is 9.78. The minimum Gasteiger partial charge on any atom is -0.391 e. The Bertz CT molecular complexity index is 204. The second-order valence-electron chi connectivity index (χ2n) is 4.08. The SMILES string of the molecule is COCC(O)CCNC(=O)C1CCOCC1. The molecule has 94 valence electrons. The van der Waals surface area contributed by atoms with E-state index in [2.05, 4.69) is 5.32 Å². The molecule has 2 N–H and O–H groups in total. The summed E-state index contributed by atoms with van der Waals surface area (Å²) in [5.41, 5.74) is 0. The minimum absolute atomic E-state index is 0.0768. The lowest BCUT2D eigenvalue weighted by molar-refractivity contribution is -0.127. The van der Waals surface area contributed by atoms with Crippen LogP contribution in [0.1, 0.15) is 19.3 Å². The summed E-state index contributed by atoms with van der Waals surface area (Å²) < 4.78 is 9.99. The highest BCUT2D eigenvalue weighted by Crippen LogP contribution is 2.14. The number of aliphatic hydroxyl groups excluding tert-OH is 1. The first-order valence-corrected chi connectivity index (χ1v) is 5.76. The predicted molar refractivity (Wildman–Crippen MR) is 59.1 cm³/mol. The van der Waals surface area contributed by atoms with Crippen LogP contribution in [0, 0.1) is 5.92 Å². The number of ether oxygens (including phenoxy) is 2. The molecule has 0 saturated carbocycles. The number of methoxy groups -OCH3 is 1. The summed E-state index contributed by atoms with van der Waals surface area (Å²) in [5, 5.41) is 12.2. The summed E-state index contributed by atoms with van der Waals surface area (Å²) in [7, 11) is 1.55. The summed E-state index contributed by atoms with van der Waals surface area (Å²) in [5.74, 6) is 0.154. The van der Waals surface area contributed by atoms with Gasteiger partial charge < -0.3 is 19.9 Å². The van der Waals surface area contributed by atoms with E-state index in [0.717, 1.165) is 12.8 Å². The molecular formula is C11H21NO4.